The monoisotopic (exact) mass is 850 g/mol. The van der Waals surface area contributed by atoms with Crippen LogP contribution >= 0.6 is 0 Å². The molecule has 4 N–H and O–H groups in total. The van der Waals surface area contributed by atoms with Gasteiger partial charge in [0.2, 0.25) is 5.78 Å². The highest BCUT2D eigenvalue weighted by Gasteiger charge is 2.53. The molecule has 14 heteroatoms. The van der Waals surface area contributed by atoms with Crippen molar-refractivity contribution in [2.24, 2.45) is 29.6 Å². The normalized spacial score (nSPS) is 39.0. The maximum absolute atomic E-state index is 14.4. The molecule has 1 amide bonds. The number of aliphatic hydroxyl groups is 4. The quantitative estimate of drug-likeness (QED) is 0.109. The average Bonchev–Trinajstić information content (AvgIpc) is 3.22. The highest BCUT2D eigenvalue weighted by atomic mass is 16.6. The van der Waals surface area contributed by atoms with Gasteiger partial charge in [0.25, 0.3) is 5.91 Å². The van der Waals surface area contributed by atoms with E-state index >= 15 is 0 Å². The lowest BCUT2D eigenvalue weighted by atomic mass is 9.81. The van der Waals surface area contributed by atoms with Crippen molar-refractivity contribution >= 4 is 23.4 Å². The molecule has 3 rings (SSSR count). The van der Waals surface area contributed by atoms with Crippen LogP contribution in [0.2, 0.25) is 0 Å². The molecule has 0 aromatic heterocycles. The SMILES string of the molecule is C=CC[C@@H]1/C=C(\C)C[C@H](C)C[C@H](OC)[C@@H](O)[C@@H](OC)C[C@@H](C)C(=O)[C@@](O)(OCC)C(=O)N2CCCC[C@H]2C(=O)O[C@H](/C(C)=C/[C@@H]2CC[C@@H](O)[C@H](OC)C2)[C@H](C)[C@@H](O)CC1=O. The second kappa shape index (κ2) is 24.1. The molecule has 1 saturated heterocycles. The van der Waals surface area contributed by atoms with Crippen molar-refractivity contribution in [3.05, 3.63) is 36.0 Å². The van der Waals surface area contributed by atoms with Crippen molar-refractivity contribution in [3.8, 4) is 0 Å². The van der Waals surface area contributed by atoms with Crippen LogP contribution < -0.4 is 0 Å². The summed E-state index contributed by atoms with van der Waals surface area (Å²) in [5.41, 5.74) is 1.56. The molecule has 342 valence electrons. The van der Waals surface area contributed by atoms with Gasteiger partial charge in [0.1, 0.15) is 24.0 Å². The van der Waals surface area contributed by atoms with E-state index in [9.17, 15) is 39.6 Å². The molecular weight excluding hydrogens is 774 g/mol. The summed E-state index contributed by atoms with van der Waals surface area (Å²) in [7, 11) is 4.43. The zero-order valence-electron chi connectivity index (χ0n) is 37.5. The lowest BCUT2D eigenvalue weighted by molar-refractivity contribution is -0.219. The van der Waals surface area contributed by atoms with Crippen molar-refractivity contribution in [3.63, 3.8) is 0 Å². The van der Waals surface area contributed by atoms with E-state index in [1.165, 1.54) is 28.1 Å². The van der Waals surface area contributed by atoms with Crippen LogP contribution in [0.3, 0.4) is 0 Å². The van der Waals surface area contributed by atoms with E-state index in [-0.39, 0.29) is 56.1 Å². The van der Waals surface area contributed by atoms with Gasteiger partial charge >= 0.3 is 11.8 Å². The Morgan fingerprint density at radius 2 is 1.57 bits per heavy atom. The lowest BCUT2D eigenvalue weighted by Crippen LogP contribution is -2.62. The number of allylic oxidation sites excluding steroid dienone is 4. The number of aliphatic hydroxyl groups excluding tert-OH is 3. The first kappa shape index (κ1) is 51.5. The van der Waals surface area contributed by atoms with E-state index in [1.54, 1.807) is 27.0 Å². The minimum Gasteiger partial charge on any atom is -0.456 e. The standard InChI is InChI=1S/C46H75NO13/c1-11-15-33-21-27(3)20-28(4)22-39(57-9)41(51)40(58-10)24-30(6)43(52)46(55,59-12-2)45(54)47-19-14-13-16-34(47)44(53)60-42(31(7)36(49)26-37(33)50)29(5)23-32-17-18-35(48)38(25-32)56-8/h11,21,23,28,30-36,38-42,48-49,51,55H,1,12-20,22,24-26H2,2-10H3/b27-21+,29-23+/t28-,30+,31+,32-,33+,34-,35+,36-,38+,39-,40-,41+,42+,46+/m0/s1. The molecule has 14 nitrogen and oxygen atoms in total. The molecule has 0 spiro atoms. The first-order valence-electron chi connectivity index (χ1n) is 21.9. The first-order valence-corrected chi connectivity index (χ1v) is 21.9. The Balaban J connectivity index is 2.14. The third-order valence-electron chi connectivity index (χ3n) is 12.8. The number of rotatable bonds is 9. The van der Waals surface area contributed by atoms with E-state index in [2.05, 4.69) is 6.58 Å². The zero-order valence-corrected chi connectivity index (χ0v) is 37.5. The molecule has 0 radical (unpaired) electrons. The van der Waals surface area contributed by atoms with Gasteiger partial charge in [-0.1, -0.05) is 44.6 Å². The van der Waals surface area contributed by atoms with Gasteiger partial charge < -0.3 is 49.0 Å². The predicted octanol–water partition coefficient (Wildman–Crippen LogP) is 4.64. The van der Waals surface area contributed by atoms with Crippen LogP contribution in [-0.4, -0.2) is 138 Å². The number of piperidine rings is 1. The number of hydrogen-bond acceptors (Lipinski definition) is 13. The largest absolute Gasteiger partial charge is 0.456 e. The summed E-state index contributed by atoms with van der Waals surface area (Å²) in [4.78, 5) is 58.1. The minimum atomic E-state index is -2.95. The Bertz CT molecular complexity index is 1500. The molecule has 60 heavy (non-hydrogen) atoms. The van der Waals surface area contributed by atoms with Gasteiger partial charge in [0.15, 0.2) is 0 Å². The van der Waals surface area contributed by atoms with E-state index in [4.69, 9.17) is 23.7 Å². The number of carbonyl (C=O) groups excluding carboxylic acids is 4. The smallest absolute Gasteiger partial charge is 0.329 e. The molecule has 3 aliphatic rings. The maximum atomic E-state index is 14.4. The van der Waals surface area contributed by atoms with E-state index < -0.39 is 83.9 Å². The Hall–Kier alpha value is -2.82. The number of esters is 1. The minimum absolute atomic E-state index is 0.0147. The molecule has 1 aliphatic carbocycles. The molecule has 2 heterocycles. The first-order chi connectivity index (χ1) is 28.4. The summed E-state index contributed by atoms with van der Waals surface area (Å²) in [6.45, 7) is 14.2. The fourth-order valence-corrected chi connectivity index (χ4v) is 9.33. The zero-order chi connectivity index (χ0) is 44.9. The van der Waals surface area contributed by atoms with Gasteiger partial charge in [-0.2, -0.15) is 0 Å². The second-order valence-corrected chi connectivity index (χ2v) is 17.6. The number of Topliss-reactive ketones (excluding diaryl/α,β-unsaturated/α-hetero) is 2. The van der Waals surface area contributed by atoms with Crippen LogP contribution in [-0.2, 0) is 42.9 Å². The van der Waals surface area contributed by atoms with Gasteiger partial charge in [-0.05, 0) is 102 Å². The number of fused-ring (bicyclic) bond motifs is 1. The second-order valence-electron chi connectivity index (χ2n) is 17.6. The van der Waals surface area contributed by atoms with Gasteiger partial charge in [0, 0.05) is 58.7 Å². The van der Waals surface area contributed by atoms with Crippen LogP contribution in [0.4, 0.5) is 0 Å². The molecular formula is C46H75NO13. The van der Waals surface area contributed by atoms with Crippen LogP contribution in [0.25, 0.3) is 0 Å². The molecule has 2 fully saturated rings. The van der Waals surface area contributed by atoms with Crippen LogP contribution in [0.15, 0.2) is 36.0 Å². The van der Waals surface area contributed by atoms with Gasteiger partial charge in [-0.15, -0.1) is 6.58 Å². The average molecular weight is 850 g/mol. The summed E-state index contributed by atoms with van der Waals surface area (Å²) in [6.07, 6.45) is 3.45. The Kier molecular flexibility index (Phi) is 20.7. The number of ketones is 2. The van der Waals surface area contributed by atoms with Crippen molar-refractivity contribution in [2.75, 3.05) is 34.5 Å². The molecule has 1 saturated carbocycles. The van der Waals surface area contributed by atoms with Gasteiger partial charge in [0.05, 0.1) is 30.5 Å². The highest BCUT2D eigenvalue weighted by molar-refractivity contribution is 6.09. The molecule has 14 atom stereocenters. The highest BCUT2D eigenvalue weighted by Crippen LogP contribution is 2.34. The summed E-state index contributed by atoms with van der Waals surface area (Å²) < 4.78 is 28.8. The summed E-state index contributed by atoms with van der Waals surface area (Å²) in [6, 6.07) is -1.20. The number of nitrogens with zero attached hydrogens (tertiary/aromatic N) is 1. The fourth-order valence-electron chi connectivity index (χ4n) is 9.33. The van der Waals surface area contributed by atoms with Crippen molar-refractivity contribution < 1.29 is 63.3 Å². The molecule has 2 aliphatic heterocycles. The third-order valence-corrected chi connectivity index (χ3v) is 12.8. The number of hydrogen-bond donors (Lipinski definition) is 4. The van der Waals surface area contributed by atoms with Gasteiger partial charge in [-0.25, -0.2) is 4.79 Å². The third kappa shape index (κ3) is 13.3. The molecule has 0 aromatic carbocycles. The topological polar surface area (TPSA) is 199 Å². The molecule has 0 unspecified atom stereocenters. The number of methoxy groups -OCH3 is 3. The number of amides is 1. The summed E-state index contributed by atoms with van der Waals surface area (Å²) in [5, 5.41) is 45.6. The van der Waals surface area contributed by atoms with Crippen LogP contribution in [0.1, 0.15) is 112 Å². The fraction of sp³-hybridized carbons (Fsp3) is 0.783. The summed E-state index contributed by atoms with van der Waals surface area (Å²) >= 11 is 0. The van der Waals surface area contributed by atoms with Crippen molar-refractivity contribution in [2.45, 2.75) is 167 Å². The number of cyclic esters (lactones) is 1. The number of carbonyl (C=O) groups is 4. The Labute approximate surface area is 357 Å². The molecule has 0 bridgehead atoms. The van der Waals surface area contributed by atoms with E-state index in [0.29, 0.717) is 56.9 Å². The van der Waals surface area contributed by atoms with Crippen molar-refractivity contribution in [1.29, 1.82) is 0 Å². The van der Waals surface area contributed by atoms with Crippen LogP contribution in [0, 0.1) is 29.6 Å². The Morgan fingerprint density at radius 1 is 0.917 bits per heavy atom. The molecule has 0 aromatic rings. The van der Waals surface area contributed by atoms with Crippen molar-refractivity contribution in [1.82, 2.24) is 4.90 Å². The Morgan fingerprint density at radius 3 is 2.18 bits per heavy atom. The van der Waals surface area contributed by atoms with E-state index in [1.807, 2.05) is 26.0 Å². The predicted molar refractivity (Wildman–Crippen MR) is 225 cm³/mol. The van der Waals surface area contributed by atoms with E-state index in [0.717, 1.165) is 10.5 Å². The van der Waals surface area contributed by atoms with Crippen LogP contribution in [0.5, 0.6) is 0 Å². The summed E-state index contributed by atoms with van der Waals surface area (Å²) in [5.74, 6) is -8.42. The maximum Gasteiger partial charge on any atom is 0.329 e. The number of ether oxygens (including phenoxy) is 5. The van der Waals surface area contributed by atoms with Gasteiger partial charge in [-0.3, -0.25) is 14.4 Å². The lowest BCUT2D eigenvalue weighted by Gasteiger charge is -2.40.